The van der Waals surface area contributed by atoms with E-state index in [0.717, 1.165) is 30.3 Å². The molecule has 1 atom stereocenters. The number of nitrogens with one attached hydrogen (secondary N) is 1. The summed E-state index contributed by atoms with van der Waals surface area (Å²) in [6, 6.07) is 4.94. The second-order valence-corrected chi connectivity index (χ2v) is 5.28. The van der Waals surface area contributed by atoms with Crippen LogP contribution in [0, 0.1) is 5.82 Å². The molecule has 0 spiro atoms. The van der Waals surface area contributed by atoms with E-state index < -0.39 is 0 Å². The largest absolute Gasteiger partial charge is 0.308 e. The molecule has 4 nitrogen and oxygen atoms in total. The van der Waals surface area contributed by atoms with Crippen molar-refractivity contribution in [3.63, 3.8) is 0 Å². The van der Waals surface area contributed by atoms with Gasteiger partial charge in [0.25, 0.3) is 0 Å². The Hall–Kier alpha value is -1.27. The smallest absolute Gasteiger partial charge is 0.164 e. The van der Waals surface area contributed by atoms with Crippen LogP contribution in [0.3, 0.4) is 0 Å². The molecule has 0 amide bonds. The third kappa shape index (κ3) is 1.95. The minimum absolute atomic E-state index is 0.178. The van der Waals surface area contributed by atoms with Crippen molar-refractivity contribution in [3.05, 3.63) is 34.3 Å². The first kappa shape index (κ1) is 11.8. The lowest BCUT2D eigenvalue weighted by molar-refractivity contribution is 0.439. The fourth-order valence-corrected chi connectivity index (χ4v) is 2.70. The van der Waals surface area contributed by atoms with Gasteiger partial charge in [0.15, 0.2) is 5.82 Å². The van der Waals surface area contributed by atoms with Crippen molar-refractivity contribution in [1.82, 2.24) is 20.1 Å². The second kappa shape index (κ2) is 4.44. The zero-order valence-electron chi connectivity index (χ0n) is 9.82. The minimum atomic E-state index is -0.279. The molecule has 0 bridgehead atoms. The summed E-state index contributed by atoms with van der Waals surface area (Å²) in [4.78, 5) is 0. The highest BCUT2D eigenvalue weighted by atomic mass is 79.9. The Labute approximate surface area is 112 Å². The highest BCUT2D eigenvalue weighted by Crippen LogP contribution is 2.26. The second-order valence-electron chi connectivity index (χ2n) is 4.37. The number of hydrogen-bond acceptors (Lipinski definition) is 3. The van der Waals surface area contributed by atoms with Crippen LogP contribution >= 0.6 is 15.9 Å². The van der Waals surface area contributed by atoms with E-state index in [1.165, 1.54) is 12.1 Å². The Balaban J connectivity index is 2.12. The molecular formula is C12H12BrFN4. The van der Waals surface area contributed by atoms with Gasteiger partial charge in [0.1, 0.15) is 11.6 Å². The minimum Gasteiger partial charge on any atom is -0.308 e. The van der Waals surface area contributed by atoms with Crippen molar-refractivity contribution in [2.75, 3.05) is 6.54 Å². The van der Waals surface area contributed by atoms with Crippen LogP contribution in [0.5, 0.6) is 0 Å². The van der Waals surface area contributed by atoms with Gasteiger partial charge in [-0.05, 0) is 25.1 Å². The van der Waals surface area contributed by atoms with Gasteiger partial charge in [0.05, 0.1) is 6.04 Å². The van der Waals surface area contributed by atoms with Crippen molar-refractivity contribution in [1.29, 1.82) is 0 Å². The average molecular weight is 311 g/mol. The van der Waals surface area contributed by atoms with Gasteiger partial charge in [-0.15, -0.1) is 10.2 Å². The first-order chi connectivity index (χ1) is 8.65. The van der Waals surface area contributed by atoms with E-state index >= 15 is 0 Å². The third-order valence-corrected chi connectivity index (χ3v) is 3.53. The molecule has 0 radical (unpaired) electrons. The molecule has 0 fully saturated rings. The highest BCUT2D eigenvalue weighted by molar-refractivity contribution is 9.10. The molecule has 2 heterocycles. The lowest BCUT2D eigenvalue weighted by Crippen LogP contribution is -2.32. The van der Waals surface area contributed by atoms with E-state index in [2.05, 4.69) is 31.4 Å². The van der Waals surface area contributed by atoms with Gasteiger partial charge in [-0.1, -0.05) is 15.9 Å². The molecule has 94 valence electrons. The van der Waals surface area contributed by atoms with Crippen LogP contribution < -0.4 is 5.32 Å². The van der Waals surface area contributed by atoms with Crippen molar-refractivity contribution in [2.24, 2.45) is 0 Å². The maximum Gasteiger partial charge on any atom is 0.164 e. The summed E-state index contributed by atoms with van der Waals surface area (Å²) in [6.07, 6.45) is 0. The quantitative estimate of drug-likeness (QED) is 0.880. The summed E-state index contributed by atoms with van der Waals surface area (Å²) in [5.41, 5.74) is 0.745. The molecule has 3 rings (SSSR count). The standard InChI is InChI=1S/C12H12BrFN4/c1-7-11-16-17-12(18(11)3-2-15-7)8-4-9(13)6-10(14)5-8/h4-7,15H,2-3H2,1H3. The number of benzene rings is 1. The molecule has 6 heteroatoms. The summed E-state index contributed by atoms with van der Waals surface area (Å²) in [5.74, 6) is 1.34. The summed E-state index contributed by atoms with van der Waals surface area (Å²) in [7, 11) is 0. The zero-order valence-corrected chi connectivity index (χ0v) is 11.4. The van der Waals surface area contributed by atoms with Gasteiger partial charge < -0.3 is 9.88 Å². The molecule has 18 heavy (non-hydrogen) atoms. The van der Waals surface area contributed by atoms with Crippen LogP contribution in [0.2, 0.25) is 0 Å². The summed E-state index contributed by atoms with van der Waals surface area (Å²) in [5, 5.41) is 11.7. The third-order valence-electron chi connectivity index (χ3n) is 3.07. The molecule has 1 N–H and O–H groups in total. The van der Waals surface area contributed by atoms with E-state index in [0.29, 0.717) is 4.47 Å². The van der Waals surface area contributed by atoms with Crippen molar-refractivity contribution in [3.8, 4) is 11.4 Å². The van der Waals surface area contributed by atoms with Gasteiger partial charge >= 0.3 is 0 Å². The predicted molar refractivity (Wildman–Crippen MR) is 69.5 cm³/mol. The molecule has 1 aliphatic rings. The summed E-state index contributed by atoms with van der Waals surface area (Å²) < 4.78 is 16.2. The number of aromatic nitrogens is 3. The normalized spacial score (nSPS) is 18.7. The SMILES string of the molecule is CC1NCCn2c(-c3cc(F)cc(Br)c3)nnc21. The number of hydrogen-bond donors (Lipinski definition) is 1. The number of rotatable bonds is 1. The van der Waals surface area contributed by atoms with E-state index in [4.69, 9.17) is 0 Å². The first-order valence-electron chi connectivity index (χ1n) is 5.78. The molecule has 1 aliphatic heterocycles. The molecule has 0 saturated heterocycles. The lowest BCUT2D eigenvalue weighted by atomic mass is 10.2. The van der Waals surface area contributed by atoms with E-state index in [9.17, 15) is 4.39 Å². The zero-order chi connectivity index (χ0) is 12.7. The van der Waals surface area contributed by atoms with E-state index in [-0.39, 0.29) is 11.9 Å². The van der Waals surface area contributed by atoms with Crippen LogP contribution in [0.1, 0.15) is 18.8 Å². The number of halogens is 2. The highest BCUT2D eigenvalue weighted by Gasteiger charge is 2.22. The molecule has 0 aliphatic carbocycles. The van der Waals surface area contributed by atoms with Crippen molar-refractivity contribution < 1.29 is 4.39 Å². The predicted octanol–water partition coefficient (Wildman–Crippen LogP) is 2.51. The number of fused-ring (bicyclic) bond motifs is 1. The maximum absolute atomic E-state index is 13.4. The first-order valence-corrected chi connectivity index (χ1v) is 6.57. The maximum atomic E-state index is 13.4. The monoisotopic (exact) mass is 310 g/mol. The van der Waals surface area contributed by atoms with Crippen LogP contribution in [0.25, 0.3) is 11.4 Å². The van der Waals surface area contributed by atoms with Gasteiger partial charge in [-0.25, -0.2) is 4.39 Å². The summed E-state index contributed by atoms with van der Waals surface area (Å²) >= 11 is 3.30. The summed E-state index contributed by atoms with van der Waals surface area (Å²) in [6.45, 7) is 3.72. The van der Waals surface area contributed by atoms with Crippen LogP contribution in [-0.4, -0.2) is 21.3 Å². The molecule has 1 aromatic carbocycles. The van der Waals surface area contributed by atoms with E-state index in [1.54, 1.807) is 0 Å². The van der Waals surface area contributed by atoms with Gasteiger partial charge in [0.2, 0.25) is 0 Å². The van der Waals surface area contributed by atoms with Crippen LogP contribution in [-0.2, 0) is 6.54 Å². The lowest BCUT2D eigenvalue weighted by Gasteiger charge is -2.21. The molecule has 1 aromatic heterocycles. The molecule has 0 saturated carbocycles. The van der Waals surface area contributed by atoms with Crippen LogP contribution in [0.15, 0.2) is 22.7 Å². The molecular weight excluding hydrogens is 299 g/mol. The average Bonchev–Trinajstić information content (AvgIpc) is 2.73. The van der Waals surface area contributed by atoms with Crippen LogP contribution in [0.4, 0.5) is 4.39 Å². The number of nitrogens with zero attached hydrogens (tertiary/aromatic N) is 3. The van der Waals surface area contributed by atoms with Gasteiger partial charge in [0, 0.05) is 23.1 Å². The van der Waals surface area contributed by atoms with Gasteiger partial charge in [-0.3, -0.25) is 0 Å². The molecule has 2 aromatic rings. The van der Waals surface area contributed by atoms with Crippen molar-refractivity contribution in [2.45, 2.75) is 19.5 Å². The molecule has 1 unspecified atom stereocenters. The van der Waals surface area contributed by atoms with E-state index in [1.807, 2.05) is 17.6 Å². The Morgan fingerprint density at radius 1 is 1.39 bits per heavy atom. The Morgan fingerprint density at radius 3 is 3.00 bits per heavy atom. The topological polar surface area (TPSA) is 42.7 Å². The van der Waals surface area contributed by atoms with Crippen molar-refractivity contribution >= 4 is 15.9 Å². The fraction of sp³-hybridized carbons (Fsp3) is 0.333. The Bertz CT molecular complexity index is 576. The van der Waals surface area contributed by atoms with Gasteiger partial charge in [-0.2, -0.15) is 0 Å². The Morgan fingerprint density at radius 2 is 2.22 bits per heavy atom. The Kier molecular flexibility index (Phi) is 2.91. The fourth-order valence-electron chi connectivity index (χ4n) is 2.24.